The zero-order valence-electron chi connectivity index (χ0n) is 10.6. The van der Waals surface area contributed by atoms with Crippen LogP contribution in [-0.2, 0) is 6.54 Å². The second kappa shape index (κ2) is 4.97. The van der Waals surface area contributed by atoms with Gasteiger partial charge in [-0.2, -0.15) is 15.0 Å². The predicted octanol–water partition coefficient (Wildman–Crippen LogP) is 2.78. The number of hydrogen-bond acceptors (Lipinski definition) is 4. The first-order valence-corrected chi connectivity index (χ1v) is 6.06. The van der Waals surface area contributed by atoms with Crippen molar-refractivity contribution in [1.82, 2.24) is 15.0 Å². The molecule has 96 valence electrons. The van der Waals surface area contributed by atoms with E-state index in [-0.39, 0.29) is 0 Å². The van der Waals surface area contributed by atoms with Gasteiger partial charge >= 0.3 is 0 Å². The molecule has 0 aliphatic rings. The van der Waals surface area contributed by atoms with Crippen LogP contribution >= 0.6 is 0 Å². The standard InChI is InChI=1S/C14H14N4O/c1-11-6-9-19-14(11)10-15-12-2-4-13(5-3-12)18-16-7-8-17-18/h2-9,15H,10H2,1H3. The quantitative estimate of drug-likeness (QED) is 0.777. The molecule has 0 amide bonds. The van der Waals surface area contributed by atoms with Gasteiger partial charge in [-0.25, -0.2) is 0 Å². The molecule has 0 saturated heterocycles. The number of nitrogens with zero attached hydrogens (tertiary/aromatic N) is 3. The maximum absolute atomic E-state index is 5.38. The Kier molecular flexibility index (Phi) is 3.02. The predicted molar refractivity (Wildman–Crippen MR) is 72.1 cm³/mol. The van der Waals surface area contributed by atoms with Crippen molar-refractivity contribution in [2.24, 2.45) is 0 Å². The van der Waals surface area contributed by atoms with E-state index >= 15 is 0 Å². The maximum atomic E-state index is 5.38. The van der Waals surface area contributed by atoms with Crippen molar-refractivity contribution in [1.29, 1.82) is 0 Å². The smallest absolute Gasteiger partial charge is 0.125 e. The summed E-state index contributed by atoms with van der Waals surface area (Å²) in [5, 5.41) is 11.5. The van der Waals surface area contributed by atoms with Crippen molar-refractivity contribution in [3.05, 3.63) is 60.3 Å². The van der Waals surface area contributed by atoms with Crippen LogP contribution in [-0.4, -0.2) is 15.0 Å². The topological polar surface area (TPSA) is 55.9 Å². The Balaban J connectivity index is 1.68. The summed E-state index contributed by atoms with van der Waals surface area (Å²) in [6.07, 6.45) is 5.02. The minimum Gasteiger partial charge on any atom is -0.467 e. The van der Waals surface area contributed by atoms with Crippen LogP contribution in [0.15, 0.2) is 53.4 Å². The molecule has 0 spiro atoms. The third kappa shape index (κ3) is 2.49. The highest BCUT2D eigenvalue weighted by atomic mass is 16.3. The van der Waals surface area contributed by atoms with Crippen LogP contribution < -0.4 is 5.32 Å². The molecule has 0 fully saturated rings. The molecule has 1 aromatic carbocycles. The average molecular weight is 254 g/mol. The fourth-order valence-electron chi connectivity index (χ4n) is 1.83. The lowest BCUT2D eigenvalue weighted by Crippen LogP contribution is -2.01. The molecule has 3 rings (SSSR count). The fraction of sp³-hybridized carbons (Fsp3) is 0.143. The largest absolute Gasteiger partial charge is 0.467 e. The summed E-state index contributed by atoms with van der Waals surface area (Å²) in [7, 11) is 0. The van der Waals surface area contributed by atoms with Crippen molar-refractivity contribution in [3.63, 3.8) is 0 Å². The van der Waals surface area contributed by atoms with Crippen LogP contribution in [0.4, 0.5) is 5.69 Å². The first-order valence-electron chi connectivity index (χ1n) is 6.06. The Morgan fingerprint density at radius 3 is 2.47 bits per heavy atom. The van der Waals surface area contributed by atoms with Crippen molar-refractivity contribution >= 4 is 5.69 Å². The number of benzene rings is 1. The SMILES string of the molecule is Cc1ccoc1CNc1ccc(-n2nccn2)cc1. The molecule has 0 bridgehead atoms. The molecule has 2 heterocycles. The van der Waals surface area contributed by atoms with E-state index in [4.69, 9.17) is 4.42 Å². The summed E-state index contributed by atoms with van der Waals surface area (Å²) in [5.74, 6) is 0.956. The molecule has 0 saturated carbocycles. The Labute approximate surface area is 110 Å². The monoisotopic (exact) mass is 254 g/mol. The van der Waals surface area contributed by atoms with E-state index in [0.717, 1.165) is 22.7 Å². The molecule has 0 radical (unpaired) electrons. The molecule has 2 aromatic heterocycles. The first-order chi connectivity index (χ1) is 9.33. The highest BCUT2D eigenvalue weighted by molar-refractivity contribution is 5.48. The fourth-order valence-corrected chi connectivity index (χ4v) is 1.83. The molecule has 19 heavy (non-hydrogen) atoms. The number of anilines is 1. The van der Waals surface area contributed by atoms with Gasteiger partial charge in [0.25, 0.3) is 0 Å². The molecule has 0 atom stereocenters. The van der Waals surface area contributed by atoms with E-state index in [9.17, 15) is 0 Å². The summed E-state index contributed by atoms with van der Waals surface area (Å²) in [4.78, 5) is 1.58. The summed E-state index contributed by atoms with van der Waals surface area (Å²) in [6, 6.07) is 9.89. The molecule has 0 aliphatic carbocycles. The van der Waals surface area contributed by atoms with E-state index in [1.165, 1.54) is 0 Å². The van der Waals surface area contributed by atoms with Crippen LogP contribution in [0, 0.1) is 6.92 Å². The van der Waals surface area contributed by atoms with Crippen LogP contribution in [0.3, 0.4) is 0 Å². The Bertz CT molecular complexity index is 640. The lowest BCUT2D eigenvalue weighted by atomic mass is 10.2. The number of rotatable bonds is 4. The number of hydrogen-bond donors (Lipinski definition) is 1. The third-order valence-electron chi connectivity index (χ3n) is 2.94. The van der Waals surface area contributed by atoms with E-state index < -0.39 is 0 Å². The van der Waals surface area contributed by atoms with Gasteiger partial charge < -0.3 is 9.73 Å². The second-order valence-electron chi connectivity index (χ2n) is 4.25. The summed E-state index contributed by atoms with van der Waals surface area (Å²) >= 11 is 0. The van der Waals surface area contributed by atoms with E-state index in [2.05, 4.69) is 15.5 Å². The highest BCUT2D eigenvalue weighted by Gasteiger charge is 2.02. The summed E-state index contributed by atoms with van der Waals surface area (Å²) in [6.45, 7) is 2.71. The van der Waals surface area contributed by atoms with Gasteiger partial charge in [0.05, 0.1) is 30.9 Å². The molecule has 0 unspecified atom stereocenters. The third-order valence-corrected chi connectivity index (χ3v) is 2.94. The van der Waals surface area contributed by atoms with Gasteiger partial charge in [0.1, 0.15) is 5.76 Å². The van der Waals surface area contributed by atoms with Crippen LogP contribution in [0.2, 0.25) is 0 Å². The molecular weight excluding hydrogens is 240 g/mol. The average Bonchev–Trinajstić information content (AvgIpc) is 3.09. The van der Waals surface area contributed by atoms with Crippen LogP contribution in [0.25, 0.3) is 5.69 Å². The van der Waals surface area contributed by atoms with Gasteiger partial charge in [-0.3, -0.25) is 0 Å². The van der Waals surface area contributed by atoms with Crippen LogP contribution in [0.1, 0.15) is 11.3 Å². The van der Waals surface area contributed by atoms with E-state index in [0.29, 0.717) is 6.54 Å². The number of aryl methyl sites for hydroxylation is 1. The number of furan rings is 1. The minimum atomic E-state index is 0.679. The zero-order valence-corrected chi connectivity index (χ0v) is 10.6. The Hall–Kier alpha value is -2.56. The van der Waals surface area contributed by atoms with E-state index in [1.807, 2.05) is 37.3 Å². The maximum Gasteiger partial charge on any atom is 0.125 e. The van der Waals surface area contributed by atoms with Gasteiger partial charge in [-0.05, 0) is 42.8 Å². The summed E-state index contributed by atoms with van der Waals surface area (Å²) < 4.78 is 5.38. The highest BCUT2D eigenvalue weighted by Crippen LogP contribution is 2.15. The lowest BCUT2D eigenvalue weighted by Gasteiger charge is -2.06. The minimum absolute atomic E-state index is 0.679. The molecule has 1 N–H and O–H groups in total. The molecule has 3 aromatic rings. The van der Waals surface area contributed by atoms with Crippen molar-refractivity contribution in [2.75, 3.05) is 5.32 Å². The number of nitrogens with one attached hydrogen (secondary N) is 1. The van der Waals surface area contributed by atoms with Crippen LogP contribution in [0.5, 0.6) is 0 Å². The lowest BCUT2D eigenvalue weighted by molar-refractivity contribution is 0.515. The van der Waals surface area contributed by atoms with Gasteiger partial charge in [0, 0.05) is 5.69 Å². The van der Waals surface area contributed by atoms with Crippen molar-refractivity contribution in [3.8, 4) is 5.69 Å². The first kappa shape index (κ1) is 11.5. The summed E-state index contributed by atoms with van der Waals surface area (Å²) in [5.41, 5.74) is 3.13. The number of aromatic nitrogens is 3. The molecule has 0 aliphatic heterocycles. The Morgan fingerprint density at radius 2 is 1.84 bits per heavy atom. The van der Waals surface area contributed by atoms with Gasteiger partial charge in [-0.15, -0.1) is 0 Å². The zero-order chi connectivity index (χ0) is 13.1. The van der Waals surface area contributed by atoms with Crippen molar-refractivity contribution in [2.45, 2.75) is 13.5 Å². The van der Waals surface area contributed by atoms with E-state index in [1.54, 1.807) is 23.5 Å². The van der Waals surface area contributed by atoms with Gasteiger partial charge in [-0.1, -0.05) is 0 Å². The van der Waals surface area contributed by atoms with Gasteiger partial charge in [0.15, 0.2) is 0 Å². The normalized spacial score (nSPS) is 10.6. The van der Waals surface area contributed by atoms with Gasteiger partial charge in [0.2, 0.25) is 0 Å². The Morgan fingerprint density at radius 1 is 1.11 bits per heavy atom. The molecular formula is C14H14N4O. The van der Waals surface area contributed by atoms with Crippen molar-refractivity contribution < 1.29 is 4.42 Å². The molecule has 5 nitrogen and oxygen atoms in total. The molecule has 5 heteroatoms. The second-order valence-corrected chi connectivity index (χ2v) is 4.25.